The molecule has 2 N–H and O–H groups in total. The lowest BCUT2D eigenvalue weighted by Crippen LogP contribution is -2.48. The van der Waals surface area contributed by atoms with Crippen LogP contribution in [-0.4, -0.2) is 122 Å². The van der Waals surface area contributed by atoms with Crippen LogP contribution in [0.5, 0.6) is 0 Å². The first kappa shape index (κ1) is 63.4. The van der Waals surface area contributed by atoms with E-state index in [0.717, 1.165) is 81.6 Å². The zero-order valence-electron chi connectivity index (χ0n) is 42.7. The number of hydrogen-bond acceptors (Lipinski definition) is 12. The molecule has 0 spiro atoms. The van der Waals surface area contributed by atoms with Crippen LogP contribution in [0.2, 0.25) is 0 Å². The van der Waals surface area contributed by atoms with Crippen LogP contribution in [0.15, 0.2) is 0 Å². The molecule has 0 rings (SSSR count). The molecule has 0 aliphatic heterocycles. The number of esters is 3. The number of carbonyl (C=O) groups is 5. The Morgan fingerprint density at radius 1 is 0.477 bits per heavy atom. The minimum absolute atomic E-state index is 0.128. The fourth-order valence-corrected chi connectivity index (χ4v) is 10.2. The summed E-state index contributed by atoms with van der Waals surface area (Å²) in [5, 5.41) is 6.29. The zero-order chi connectivity index (χ0) is 48.3. The molecule has 11 nitrogen and oxygen atoms in total. The second-order valence-corrected chi connectivity index (χ2v) is 23.0. The highest BCUT2D eigenvalue weighted by Gasteiger charge is 2.21. The molecule has 0 aromatic rings. The number of unbranched alkanes of at least 4 members (excludes halogenated alkanes) is 9. The van der Waals surface area contributed by atoms with E-state index < -0.39 is 6.04 Å². The molecule has 0 bridgehead atoms. The number of ether oxygens (including phenoxy) is 3. The van der Waals surface area contributed by atoms with Crippen LogP contribution in [0.4, 0.5) is 0 Å². The maximum Gasteiger partial charge on any atom is 0.306 e. The van der Waals surface area contributed by atoms with Gasteiger partial charge >= 0.3 is 17.9 Å². The van der Waals surface area contributed by atoms with E-state index in [1.165, 1.54) is 44.9 Å². The number of carbonyl (C=O) groups excluding carboxylic acids is 5. The van der Waals surface area contributed by atoms with Crippen molar-refractivity contribution in [2.24, 2.45) is 17.8 Å². The van der Waals surface area contributed by atoms with Crippen molar-refractivity contribution in [1.29, 1.82) is 0 Å². The van der Waals surface area contributed by atoms with Gasteiger partial charge < -0.3 is 29.7 Å². The Morgan fingerprint density at radius 2 is 0.908 bits per heavy atom. The van der Waals surface area contributed by atoms with Crippen LogP contribution in [0.1, 0.15) is 189 Å². The summed E-state index contributed by atoms with van der Waals surface area (Å²) in [4.78, 5) is 65.4. The van der Waals surface area contributed by atoms with Gasteiger partial charge in [0.2, 0.25) is 11.8 Å². The Bertz CT molecular complexity index is 1190. The first-order valence-electron chi connectivity index (χ1n) is 25.6. The molecule has 0 saturated heterocycles. The summed E-state index contributed by atoms with van der Waals surface area (Å²) >= 11 is 5.16. The fraction of sp³-hybridized carbons (Fsp3) is 0.902. The Balaban J connectivity index is 4.87. The summed E-state index contributed by atoms with van der Waals surface area (Å²) in [6.07, 6.45) is 21.0. The Kier molecular flexibility index (Phi) is 43.7. The SMILES string of the molecule is CC(C)CCCCCCCOC(=O)CCSCCC(NC(=O)CCCCC(CCSCCC(=O)OCCCCCC(C)C)SCCC(=O)OCCCCCC(C)C)C(=O)NCCN(C)C. The van der Waals surface area contributed by atoms with Crippen LogP contribution in [0.3, 0.4) is 0 Å². The highest BCUT2D eigenvalue weighted by molar-refractivity contribution is 8.00. The van der Waals surface area contributed by atoms with Gasteiger partial charge in [0.15, 0.2) is 0 Å². The van der Waals surface area contributed by atoms with Gasteiger partial charge in [-0.15, -0.1) is 0 Å². The molecule has 2 atom stereocenters. The summed E-state index contributed by atoms with van der Waals surface area (Å²) in [6, 6.07) is -0.642. The summed E-state index contributed by atoms with van der Waals surface area (Å²) in [5.41, 5.74) is 0. The quantitative estimate of drug-likeness (QED) is 0.0341. The molecule has 0 fully saturated rings. The van der Waals surface area contributed by atoms with E-state index in [1.807, 2.05) is 19.0 Å². The van der Waals surface area contributed by atoms with Crippen molar-refractivity contribution in [2.75, 3.05) is 75.8 Å². The van der Waals surface area contributed by atoms with Gasteiger partial charge in [-0.05, 0) is 88.3 Å². The molecule has 0 aliphatic carbocycles. The third-order valence-corrected chi connectivity index (χ3v) is 14.4. The molecule has 2 unspecified atom stereocenters. The van der Waals surface area contributed by atoms with Crippen LogP contribution in [0, 0.1) is 17.8 Å². The van der Waals surface area contributed by atoms with E-state index >= 15 is 0 Å². The number of amides is 2. The molecule has 0 aromatic heterocycles. The molecule has 382 valence electrons. The Hall–Kier alpha value is -1.64. The zero-order valence-corrected chi connectivity index (χ0v) is 45.1. The molecular weight excluding hydrogens is 879 g/mol. The standard InChI is InChI=1S/C51H97N3O8S3/c1-42(2)22-14-10-9-11-19-34-60-49(57)30-40-64-38-28-46(51(59)52-32-33-54(7)8)53-47(55)26-18-17-25-45(65-41-31-50(58)62-36-21-13-16-24-44(5)6)27-37-63-39-29-48(56)61-35-20-12-15-23-43(3)4/h42-46H,9-41H2,1-8H3,(H,52,59)(H,53,55). The number of thioether (sulfide) groups is 3. The summed E-state index contributed by atoms with van der Waals surface area (Å²) in [7, 11) is 3.90. The number of nitrogens with zero attached hydrogens (tertiary/aromatic N) is 1. The monoisotopic (exact) mass is 976 g/mol. The molecular formula is C51H97N3O8S3. The van der Waals surface area contributed by atoms with Crippen molar-refractivity contribution in [2.45, 2.75) is 201 Å². The lowest BCUT2D eigenvalue weighted by Gasteiger charge is -2.20. The summed E-state index contributed by atoms with van der Waals surface area (Å²) in [5.74, 6) is 4.94. The van der Waals surface area contributed by atoms with Gasteiger partial charge in [0.25, 0.3) is 0 Å². The van der Waals surface area contributed by atoms with Crippen LogP contribution in [-0.2, 0) is 38.2 Å². The van der Waals surface area contributed by atoms with Gasteiger partial charge in [-0.25, -0.2) is 0 Å². The number of likely N-dealkylation sites (N-methyl/N-ethyl adjacent to an activating group) is 1. The van der Waals surface area contributed by atoms with Gasteiger partial charge in [-0.1, -0.05) is 119 Å². The lowest BCUT2D eigenvalue weighted by atomic mass is 10.0. The van der Waals surface area contributed by atoms with Gasteiger partial charge in [-0.2, -0.15) is 35.3 Å². The molecule has 0 saturated carbocycles. The highest BCUT2D eigenvalue weighted by atomic mass is 32.2. The largest absolute Gasteiger partial charge is 0.466 e. The molecule has 0 aromatic carbocycles. The Labute approximate surface area is 410 Å². The second-order valence-electron chi connectivity index (χ2n) is 19.1. The Morgan fingerprint density at radius 3 is 1.40 bits per heavy atom. The second kappa shape index (κ2) is 44.8. The molecule has 2 amide bonds. The van der Waals surface area contributed by atoms with E-state index in [-0.39, 0.29) is 29.7 Å². The average molecular weight is 977 g/mol. The molecule has 14 heteroatoms. The number of rotatable bonds is 46. The fourth-order valence-electron chi connectivity index (χ4n) is 6.89. The average Bonchev–Trinajstić information content (AvgIpc) is 3.24. The van der Waals surface area contributed by atoms with Crippen molar-refractivity contribution >= 4 is 65.0 Å². The van der Waals surface area contributed by atoms with Crippen molar-refractivity contribution in [3.63, 3.8) is 0 Å². The van der Waals surface area contributed by atoms with E-state index in [2.05, 4.69) is 52.2 Å². The topological polar surface area (TPSA) is 140 Å². The minimum Gasteiger partial charge on any atom is -0.466 e. The lowest BCUT2D eigenvalue weighted by molar-refractivity contribution is -0.144. The van der Waals surface area contributed by atoms with Crippen molar-refractivity contribution < 1.29 is 38.2 Å². The smallest absolute Gasteiger partial charge is 0.306 e. The van der Waals surface area contributed by atoms with E-state index in [1.54, 1.807) is 35.3 Å². The van der Waals surface area contributed by atoms with E-state index in [9.17, 15) is 24.0 Å². The van der Waals surface area contributed by atoms with E-state index in [0.29, 0.717) is 106 Å². The van der Waals surface area contributed by atoms with Crippen LogP contribution in [0.25, 0.3) is 0 Å². The van der Waals surface area contributed by atoms with Crippen LogP contribution < -0.4 is 10.6 Å². The van der Waals surface area contributed by atoms with Crippen molar-refractivity contribution in [1.82, 2.24) is 15.5 Å². The summed E-state index contributed by atoms with van der Waals surface area (Å²) < 4.78 is 16.4. The molecule has 0 radical (unpaired) electrons. The number of nitrogens with one attached hydrogen (secondary N) is 2. The molecule has 0 aliphatic rings. The maximum absolute atomic E-state index is 13.2. The molecule has 0 heterocycles. The highest BCUT2D eigenvalue weighted by Crippen LogP contribution is 2.25. The van der Waals surface area contributed by atoms with Crippen molar-refractivity contribution in [3.05, 3.63) is 0 Å². The third kappa shape index (κ3) is 45.9. The van der Waals surface area contributed by atoms with Gasteiger partial charge in [0.05, 0.1) is 39.1 Å². The van der Waals surface area contributed by atoms with Gasteiger partial charge in [-0.3, -0.25) is 24.0 Å². The summed E-state index contributed by atoms with van der Waals surface area (Å²) in [6.45, 7) is 16.1. The van der Waals surface area contributed by atoms with Crippen molar-refractivity contribution in [3.8, 4) is 0 Å². The third-order valence-electron chi connectivity index (χ3n) is 11.0. The first-order chi connectivity index (χ1) is 31.2. The van der Waals surface area contributed by atoms with Crippen LogP contribution >= 0.6 is 35.3 Å². The number of hydrogen-bond donors (Lipinski definition) is 2. The van der Waals surface area contributed by atoms with E-state index in [4.69, 9.17) is 14.2 Å². The maximum atomic E-state index is 13.2. The van der Waals surface area contributed by atoms with Gasteiger partial charge in [0.1, 0.15) is 6.04 Å². The van der Waals surface area contributed by atoms with Gasteiger partial charge in [0, 0.05) is 42.0 Å². The predicted molar refractivity (Wildman–Crippen MR) is 278 cm³/mol. The first-order valence-corrected chi connectivity index (χ1v) is 29.0. The molecule has 65 heavy (non-hydrogen) atoms. The minimum atomic E-state index is -0.642. The normalized spacial score (nSPS) is 12.5. The predicted octanol–water partition coefficient (Wildman–Crippen LogP) is 11.3.